The molecule has 6 rings (SSSR count). The average molecular weight is 629 g/mol. The van der Waals surface area contributed by atoms with Gasteiger partial charge in [0.2, 0.25) is 10.0 Å². The van der Waals surface area contributed by atoms with Crippen LogP contribution in [0.3, 0.4) is 0 Å². The average Bonchev–Trinajstić information content (AvgIpc) is 3.36. The SMILES string of the molecule is COc1ccc(S(=O)(=O)N2Cc3cc(-c4ccc(Cl)cc4)ccc3N(Cc3cncn3C)C[C@H]2Cc2ccc(O)cc2)cc1. The number of rotatable bonds is 8. The molecule has 4 aromatic carbocycles. The fraction of sp³-hybridized carbons (Fsp3) is 0.206. The summed E-state index contributed by atoms with van der Waals surface area (Å²) in [5, 5.41) is 10.6. The maximum absolute atomic E-state index is 14.5. The van der Waals surface area contributed by atoms with E-state index in [1.807, 2.05) is 54.2 Å². The summed E-state index contributed by atoms with van der Waals surface area (Å²) in [6, 6.07) is 26.9. The zero-order valence-corrected chi connectivity index (χ0v) is 26.0. The van der Waals surface area contributed by atoms with Crippen LogP contribution in [0, 0.1) is 0 Å². The van der Waals surface area contributed by atoms with Crippen LogP contribution in [0.15, 0.2) is 108 Å². The van der Waals surface area contributed by atoms with Crippen molar-refractivity contribution in [2.45, 2.75) is 30.4 Å². The Balaban J connectivity index is 1.48. The molecule has 0 saturated carbocycles. The van der Waals surface area contributed by atoms with Gasteiger partial charge in [-0.3, -0.25) is 0 Å². The first-order valence-corrected chi connectivity index (χ1v) is 16.1. The highest BCUT2D eigenvalue weighted by Gasteiger charge is 2.37. The molecule has 1 atom stereocenters. The summed E-state index contributed by atoms with van der Waals surface area (Å²) >= 11 is 6.16. The molecule has 1 aliphatic heterocycles. The van der Waals surface area contributed by atoms with Crippen molar-refractivity contribution in [1.82, 2.24) is 13.9 Å². The summed E-state index contributed by atoms with van der Waals surface area (Å²) < 4.78 is 37.8. The summed E-state index contributed by atoms with van der Waals surface area (Å²) in [6.45, 7) is 1.16. The number of phenolic OH excluding ortho intramolecular Hbond substituents is 1. The Hall–Kier alpha value is -4.31. The fourth-order valence-corrected chi connectivity index (χ4v) is 7.42. The molecule has 0 unspecified atom stereocenters. The molecule has 8 nitrogen and oxygen atoms in total. The molecule has 5 aromatic rings. The van der Waals surface area contributed by atoms with E-state index < -0.39 is 16.1 Å². The van der Waals surface area contributed by atoms with Gasteiger partial charge in [0, 0.05) is 43.1 Å². The van der Waals surface area contributed by atoms with E-state index in [4.69, 9.17) is 16.3 Å². The molecule has 44 heavy (non-hydrogen) atoms. The highest BCUT2D eigenvalue weighted by atomic mass is 35.5. The first kappa shape index (κ1) is 29.7. The van der Waals surface area contributed by atoms with Gasteiger partial charge < -0.3 is 19.3 Å². The number of anilines is 1. The minimum atomic E-state index is -3.94. The van der Waals surface area contributed by atoms with E-state index in [0.29, 0.717) is 30.3 Å². The highest BCUT2D eigenvalue weighted by Crippen LogP contribution is 2.36. The van der Waals surface area contributed by atoms with Crippen LogP contribution in [0.25, 0.3) is 11.1 Å². The van der Waals surface area contributed by atoms with Crippen molar-refractivity contribution >= 4 is 27.3 Å². The van der Waals surface area contributed by atoms with Gasteiger partial charge >= 0.3 is 0 Å². The Kier molecular flexibility index (Phi) is 8.35. The van der Waals surface area contributed by atoms with E-state index in [0.717, 1.165) is 33.6 Å². The van der Waals surface area contributed by atoms with Crippen molar-refractivity contribution in [1.29, 1.82) is 0 Å². The van der Waals surface area contributed by atoms with Gasteiger partial charge in [0.05, 0.1) is 30.6 Å². The van der Waals surface area contributed by atoms with E-state index in [1.165, 1.54) is 0 Å². The predicted molar refractivity (Wildman–Crippen MR) is 172 cm³/mol. The second-order valence-electron chi connectivity index (χ2n) is 11.0. The molecular formula is C34H33ClN4O4S. The van der Waals surface area contributed by atoms with Crippen molar-refractivity contribution in [3.05, 3.63) is 125 Å². The molecule has 0 spiro atoms. The quantitative estimate of drug-likeness (QED) is 0.218. The lowest BCUT2D eigenvalue weighted by atomic mass is 10.0. The van der Waals surface area contributed by atoms with Crippen LogP contribution >= 0.6 is 11.6 Å². The number of methoxy groups -OCH3 is 1. The van der Waals surface area contributed by atoms with E-state index in [2.05, 4.69) is 28.1 Å². The summed E-state index contributed by atoms with van der Waals surface area (Å²) in [5.41, 5.74) is 5.75. The number of benzene rings is 4. The minimum Gasteiger partial charge on any atom is -0.508 e. The van der Waals surface area contributed by atoms with Gasteiger partial charge in [-0.05, 0) is 89.3 Å². The molecule has 1 N–H and O–H groups in total. The van der Waals surface area contributed by atoms with Gasteiger partial charge in [0.15, 0.2) is 0 Å². The molecular weight excluding hydrogens is 596 g/mol. The Morgan fingerprint density at radius 1 is 0.955 bits per heavy atom. The van der Waals surface area contributed by atoms with Crippen LogP contribution in [0.1, 0.15) is 16.8 Å². The number of fused-ring (bicyclic) bond motifs is 1. The number of nitrogens with zero attached hydrogens (tertiary/aromatic N) is 4. The molecule has 0 bridgehead atoms. The number of aromatic nitrogens is 2. The Morgan fingerprint density at radius 2 is 1.66 bits per heavy atom. The number of ether oxygens (including phenoxy) is 1. The first-order chi connectivity index (χ1) is 21.2. The largest absolute Gasteiger partial charge is 0.508 e. The van der Waals surface area contributed by atoms with Gasteiger partial charge in [0.25, 0.3) is 0 Å². The van der Waals surface area contributed by atoms with Crippen molar-refractivity contribution < 1.29 is 18.3 Å². The van der Waals surface area contributed by atoms with Gasteiger partial charge in [-0.15, -0.1) is 0 Å². The topological polar surface area (TPSA) is 87.9 Å². The molecule has 226 valence electrons. The molecule has 0 aliphatic carbocycles. The Labute approximate surface area is 262 Å². The van der Waals surface area contributed by atoms with E-state index in [1.54, 1.807) is 54.1 Å². The molecule has 0 radical (unpaired) electrons. The van der Waals surface area contributed by atoms with Crippen molar-refractivity contribution in [2.24, 2.45) is 7.05 Å². The summed E-state index contributed by atoms with van der Waals surface area (Å²) in [5.74, 6) is 0.748. The van der Waals surface area contributed by atoms with Crippen LogP contribution in [0.4, 0.5) is 5.69 Å². The fourth-order valence-electron chi connectivity index (χ4n) is 5.70. The monoisotopic (exact) mass is 628 g/mol. The molecule has 0 fully saturated rings. The summed E-state index contributed by atoms with van der Waals surface area (Å²) in [7, 11) is -0.429. The zero-order chi connectivity index (χ0) is 30.8. The van der Waals surface area contributed by atoms with Gasteiger partial charge in [-0.1, -0.05) is 41.9 Å². The van der Waals surface area contributed by atoms with Crippen LogP contribution in [0.5, 0.6) is 11.5 Å². The van der Waals surface area contributed by atoms with Crippen molar-refractivity contribution in [3.8, 4) is 22.6 Å². The van der Waals surface area contributed by atoms with E-state index in [9.17, 15) is 13.5 Å². The lowest BCUT2D eigenvalue weighted by molar-refractivity contribution is 0.317. The van der Waals surface area contributed by atoms with Gasteiger partial charge in [0.1, 0.15) is 11.5 Å². The summed E-state index contributed by atoms with van der Waals surface area (Å²) in [6.07, 6.45) is 4.06. The molecule has 10 heteroatoms. The number of sulfonamides is 1. The second-order valence-corrected chi connectivity index (χ2v) is 13.3. The van der Waals surface area contributed by atoms with Crippen LogP contribution in [-0.2, 0) is 36.6 Å². The van der Waals surface area contributed by atoms with Gasteiger partial charge in [-0.2, -0.15) is 4.31 Å². The normalized spacial score (nSPS) is 15.5. The zero-order valence-electron chi connectivity index (χ0n) is 24.5. The molecule has 2 heterocycles. The van der Waals surface area contributed by atoms with Crippen LogP contribution in [-0.4, -0.2) is 47.1 Å². The number of halogens is 1. The molecule has 1 aromatic heterocycles. The van der Waals surface area contributed by atoms with Crippen molar-refractivity contribution in [2.75, 3.05) is 18.6 Å². The number of phenols is 1. The number of imidazole rings is 1. The van der Waals surface area contributed by atoms with E-state index in [-0.39, 0.29) is 17.2 Å². The highest BCUT2D eigenvalue weighted by molar-refractivity contribution is 7.89. The maximum Gasteiger partial charge on any atom is 0.243 e. The summed E-state index contributed by atoms with van der Waals surface area (Å²) in [4.78, 5) is 6.76. The Morgan fingerprint density at radius 3 is 2.32 bits per heavy atom. The number of hydrogen-bond acceptors (Lipinski definition) is 6. The first-order valence-electron chi connectivity index (χ1n) is 14.2. The van der Waals surface area contributed by atoms with Crippen LogP contribution < -0.4 is 9.64 Å². The molecule has 0 saturated heterocycles. The third-order valence-electron chi connectivity index (χ3n) is 8.11. The number of hydrogen-bond donors (Lipinski definition) is 1. The lowest BCUT2D eigenvalue weighted by Crippen LogP contribution is -2.45. The molecule has 0 amide bonds. The smallest absolute Gasteiger partial charge is 0.243 e. The number of aryl methyl sites for hydroxylation is 1. The maximum atomic E-state index is 14.5. The van der Waals surface area contributed by atoms with Crippen molar-refractivity contribution in [3.63, 3.8) is 0 Å². The Bertz CT molecular complexity index is 1860. The predicted octanol–water partition coefficient (Wildman–Crippen LogP) is 6.28. The minimum absolute atomic E-state index is 0.164. The second kappa shape index (κ2) is 12.4. The van der Waals surface area contributed by atoms with Crippen LogP contribution in [0.2, 0.25) is 5.02 Å². The third-order valence-corrected chi connectivity index (χ3v) is 10.3. The lowest BCUT2D eigenvalue weighted by Gasteiger charge is -2.32. The van der Waals surface area contributed by atoms with Gasteiger partial charge in [-0.25, -0.2) is 13.4 Å². The third kappa shape index (κ3) is 6.17. The molecule has 1 aliphatic rings. The van der Waals surface area contributed by atoms with E-state index >= 15 is 0 Å². The number of aromatic hydroxyl groups is 1. The standard InChI is InChI=1S/C34H33ClN4O4S/c1-37-23-36-19-30(37)22-38-21-29(17-24-3-10-31(40)11-4-24)39(44(41,42)33-14-12-32(43-2)13-15-33)20-27-18-26(7-16-34(27)38)25-5-8-28(35)9-6-25/h3-16,18-19,23,29,40H,17,20-22H2,1-2H3/t29-/m1/s1.